The molecule has 1 saturated heterocycles. The number of anilines is 2. The minimum absolute atomic E-state index is 0.150. The molecular formula is C18H20N6O4. The van der Waals surface area contributed by atoms with E-state index >= 15 is 0 Å². The molecule has 2 aliphatic rings. The molecule has 1 N–H and O–H groups in total. The molecule has 1 aromatic carbocycles. The van der Waals surface area contributed by atoms with Crippen molar-refractivity contribution in [1.82, 2.24) is 19.2 Å². The molecular weight excluding hydrogens is 364 g/mol. The van der Waals surface area contributed by atoms with Crippen molar-refractivity contribution in [2.24, 2.45) is 7.05 Å². The van der Waals surface area contributed by atoms with E-state index in [2.05, 4.69) is 15.3 Å². The molecule has 3 aromatic rings. The minimum atomic E-state index is -0.150. The zero-order valence-corrected chi connectivity index (χ0v) is 15.6. The fraction of sp³-hybridized carbons (Fsp3) is 0.389. The summed E-state index contributed by atoms with van der Waals surface area (Å²) >= 11 is 0. The highest BCUT2D eigenvalue weighted by atomic mass is 16.7. The molecule has 4 heterocycles. The maximum Gasteiger partial charge on any atom is 0.349 e. The Morgan fingerprint density at radius 3 is 2.68 bits per heavy atom. The Bertz CT molecular complexity index is 1120. The molecule has 1 fully saturated rings. The van der Waals surface area contributed by atoms with Gasteiger partial charge in [0, 0.05) is 18.8 Å². The number of aryl methyl sites for hydroxylation is 2. The molecule has 0 amide bonds. The number of ether oxygens (including phenoxy) is 3. The lowest BCUT2D eigenvalue weighted by Crippen LogP contribution is -2.48. The molecule has 10 heteroatoms. The van der Waals surface area contributed by atoms with Crippen LogP contribution in [0.2, 0.25) is 0 Å². The van der Waals surface area contributed by atoms with E-state index in [1.54, 1.807) is 22.5 Å². The van der Waals surface area contributed by atoms with Gasteiger partial charge in [-0.15, -0.1) is 0 Å². The topological polar surface area (TPSA) is 95.7 Å². The van der Waals surface area contributed by atoms with Crippen LogP contribution in [0.3, 0.4) is 0 Å². The second-order valence-electron chi connectivity index (χ2n) is 6.77. The zero-order chi connectivity index (χ0) is 19.3. The van der Waals surface area contributed by atoms with Crippen molar-refractivity contribution in [3.8, 4) is 11.5 Å². The Labute approximate surface area is 160 Å². The lowest BCUT2D eigenvalue weighted by molar-refractivity contribution is 0.111. The lowest BCUT2D eigenvalue weighted by atomic mass is 10.2. The van der Waals surface area contributed by atoms with Crippen LogP contribution in [-0.2, 0) is 11.8 Å². The molecule has 2 aliphatic heterocycles. The Balaban J connectivity index is 1.55. The van der Waals surface area contributed by atoms with Crippen LogP contribution >= 0.6 is 0 Å². The second kappa shape index (κ2) is 6.41. The monoisotopic (exact) mass is 384 g/mol. The molecule has 5 rings (SSSR count). The largest absolute Gasteiger partial charge is 0.454 e. The summed E-state index contributed by atoms with van der Waals surface area (Å²) in [5.74, 6) is 1.81. The van der Waals surface area contributed by atoms with Gasteiger partial charge in [0.05, 0.1) is 32.5 Å². The minimum Gasteiger partial charge on any atom is -0.454 e. The van der Waals surface area contributed by atoms with Crippen molar-refractivity contribution in [2.75, 3.05) is 43.4 Å². The van der Waals surface area contributed by atoms with Crippen LogP contribution in [0.1, 0.15) is 5.56 Å². The van der Waals surface area contributed by atoms with E-state index in [1.807, 2.05) is 24.1 Å². The van der Waals surface area contributed by atoms with E-state index in [1.165, 1.54) is 0 Å². The maximum atomic E-state index is 12.8. The standard InChI is InChI=1S/C18H20N6O4/c1-11-7-14-15(28-10-27-14)8-12(11)20-17-19-9-13-16(21-17)24(18(25)22(13)2)23-3-5-26-6-4-23/h7-9H,3-6,10H2,1-2H3,(H,19,20,21). The number of fused-ring (bicyclic) bond motifs is 2. The number of aromatic nitrogens is 4. The summed E-state index contributed by atoms with van der Waals surface area (Å²) < 4.78 is 19.4. The van der Waals surface area contributed by atoms with Crippen molar-refractivity contribution < 1.29 is 14.2 Å². The summed E-state index contributed by atoms with van der Waals surface area (Å²) in [6.07, 6.45) is 1.66. The first-order valence-corrected chi connectivity index (χ1v) is 9.06. The second-order valence-corrected chi connectivity index (χ2v) is 6.77. The molecule has 0 spiro atoms. The van der Waals surface area contributed by atoms with Gasteiger partial charge >= 0.3 is 5.69 Å². The summed E-state index contributed by atoms with van der Waals surface area (Å²) in [6.45, 7) is 4.61. The first kappa shape index (κ1) is 16.9. The van der Waals surface area contributed by atoms with Gasteiger partial charge in [0.15, 0.2) is 17.1 Å². The third-order valence-electron chi connectivity index (χ3n) is 5.02. The molecule has 0 bridgehead atoms. The van der Waals surface area contributed by atoms with Crippen molar-refractivity contribution >= 4 is 22.8 Å². The van der Waals surface area contributed by atoms with E-state index < -0.39 is 0 Å². The number of hydrogen-bond donors (Lipinski definition) is 1. The quantitative estimate of drug-likeness (QED) is 0.711. The van der Waals surface area contributed by atoms with Crippen LogP contribution < -0.4 is 25.5 Å². The van der Waals surface area contributed by atoms with Crippen LogP contribution in [-0.4, -0.2) is 52.3 Å². The summed E-state index contributed by atoms with van der Waals surface area (Å²) in [6, 6.07) is 3.78. The van der Waals surface area contributed by atoms with Crippen molar-refractivity contribution in [1.29, 1.82) is 0 Å². The Hall–Kier alpha value is -3.27. The SMILES string of the molecule is Cc1cc2c(cc1Nc1ncc3c(n1)n(N1CCOCC1)c(=O)n3C)OCO2. The lowest BCUT2D eigenvalue weighted by Gasteiger charge is -2.28. The third kappa shape index (κ3) is 2.64. The number of rotatable bonds is 3. The zero-order valence-electron chi connectivity index (χ0n) is 15.6. The highest BCUT2D eigenvalue weighted by molar-refractivity contribution is 5.74. The van der Waals surface area contributed by atoms with E-state index in [9.17, 15) is 4.79 Å². The molecule has 0 aliphatic carbocycles. The van der Waals surface area contributed by atoms with Gasteiger partial charge in [-0.3, -0.25) is 4.57 Å². The summed E-state index contributed by atoms with van der Waals surface area (Å²) in [5.41, 5.74) is 2.88. The smallest absolute Gasteiger partial charge is 0.349 e. The molecule has 0 atom stereocenters. The molecule has 2 aromatic heterocycles. The normalized spacial score (nSPS) is 16.0. The van der Waals surface area contributed by atoms with Gasteiger partial charge in [-0.1, -0.05) is 0 Å². The van der Waals surface area contributed by atoms with Crippen LogP contribution in [0, 0.1) is 6.92 Å². The van der Waals surface area contributed by atoms with Crippen LogP contribution in [0.15, 0.2) is 23.1 Å². The highest BCUT2D eigenvalue weighted by Crippen LogP contribution is 2.37. The van der Waals surface area contributed by atoms with Crippen molar-refractivity contribution in [3.05, 3.63) is 34.4 Å². The number of nitrogens with one attached hydrogen (secondary N) is 1. The Morgan fingerprint density at radius 1 is 1.14 bits per heavy atom. The molecule has 146 valence electrons. The van der Waals surface area contributed by atoms with E-state index in [4.69, 9.17) is 14.2 Å². The summed E-state index contributed by atoms with van der Waals surface area (Å²) in [7, 11) is 1.72. The third-order valence-corrected chi connectivity index (χ3v) is 5.02. The Morgan fingerprint density at radius 2 is 1.89 bits per heavy atom. The number of nitrogens with zero attached hydrogens (tertiary/aromatic N) is 5. The summed E-state index contributed by atoms with van der Waals surface area (Å²) in [4.78, 5) is 21.8. The van der Waals surface area contributed by atoms with Gasteiger partial charge in [-0.25, -0.2) is 9.78 Å². The number of morpholine rings is 1. The number of imidazole rings is 1. The fourth-order valence-corrected chi connectivity index (χ4v) is 3.46. The molecule has 0 saturated carbocycles. The molecule has 10 nitrogen and oxygen atoms in total. The average molecular weight is 384 g/mol. The van der Waals surface area contributed by atoms with Crippen molar-refractivity contribution in [2.45, 2.75) is 6.92 Å². The van der Waals surface area contributed by atoms with Gasteiger partial charge in [-0.05, 0) is 18.6 Å². The molecule has 28 heavy (non-hydrogen) atoms. The predicted octanol–water partition coefficient (Wildman–Crippen LogP) is 0.879. The predicted molar refractivity (Wildman–Crippen MR) is 102 cm³/mol. The summed E-state index contributed by atoms with van der Waals surface area (Å²) in [5, 5.41) is 5.18. The van der Waals surface area contributed by atoms with E-state index in [-0.39, 0.29) is 12.5 Å². The van der Waals surface area contributed by atoms with Crippen LogP contribution in [0.4, 0.5) is 11.6 Å². The Kier molecular flexibility index (Phi) is 3.86. The molecule has 0 unspecified atom stereocenters. The first-order valence-electron chi connectivity index (χ1n) is 9.06. The van der Waals surface area contributed by atoms with Crippen LogP contribution in [0.25, 0.3) is 11.2 Å². The van der Waals surface area contributed by atoms with Gasteiger partial charge in [0.25, 0.3) is 0 Å². The fourth-order valence-electron chi connectivity index (χ4n) is 3.46. The number of benzene rings is 1. The van der Waals surface area contributed by atoms with Gasteiger partial charge < -0.3 is 24.5 Å². The van der Waals surface area contributed by atoms with Gasteiger partial charge in [0.1, 0.15) is 5.52 Å². The van der Waals surface area contributed by atoms with E-state index in [0.29, 0.717) is 49.2 Å². The average Bonchev–Trinajstić information content (AvgIpc) is 3.25. The van der Waals surface area contributed by atoms with Crippen LogP contribution in [0.5, 0.6) is 11.5 Å². The number of hydrogen-bond acceptors (Lipinski definition) is 8. The van der Waals surface area contributed by atoms with E-state index in [0.717, 1.165) is 17.0 Å². The first-order chi connectivity index (χ1) is 13.6. The van der Waals surface area contributed by atoms with Gasteiger partial charge in [-0.2, -0.15) is 9.66 Å². The maximum absolute atomic E-state index is 12.8. The van der Waals surface area contributed by atoms with Crippen molar-refractivity contribution in [3.63, 3.8) is 0 Å². The molecule has 0 radical (unpaired) electrons. The highest BCUT2D eigenvalue weighted by Gasteiger charge is 2.21. The van der Waals surface area contributed by atoms with Gasteiger partial charge in [0.2, 0.25) is 12.7 Å².